The van der Waals surface area contributed by atoms with E-state index in [0.29, 0.717) is 6.04 Å². The molecule has 0 aliphatic carbocycles. The molecule has 2 heterocycles. The first-order valence-corrected chi connectivity index (χ1v) is 6.08. The minimum atomic E-state index is 0.479. The number of nitrogens with zero attached hydrogens (tertiary/aromatic N) is 3. The number of nitrogens with one attached hydrogen (secondary N) is 1. The molecule has 0 unspecified atom stereocenters. The molecule has 0 aliphatic heterocycles. The van der Waals surface area contributed by atoms with Crippen LogP contribution < -0.4 is 5.32 Å². The third-order valence-corrected chi connectivity index (χ3v) is 3.01. The van der Waals surface area contributed by atoms with Gasteiger partial charge in [0, 0.05) is 23.5 Å². The first kappa shape index (κ1) is 11.2. The number of hydrogen-bond acceptors (Lipinski definition) is 5. The average Bonchev–Trinajstić information content (AvgIpc) is 2.76. The average molecular weight is 234 g/mol. The lowest BCUT2D eigenvalue weighted by Gasteiger charge is -2.04. The van der Waals surface area contributed by atoms with Crippen LogP contribution in [0.5, 0.6) is 0 Å². The highest BCUT2D eigenvalue weighted by molar-refractivity contribution is 7.13. The predicted octanol–water partition coefficient (Wildman–Crippen LogP) is 2.10. The molecule has 2 aromatic rings. The maximum atomic E-state index is 4.54. The van der Waals surface area contributed by atoms with Gasteiger partial charge in [0.1, 0.15) is 5.01 Å². The summed E-state index contributed by atoms with van der Waals surface area (Å²) in [7, 11) is 0. The lowest BCUT2D eigenvalue weighted by atomic mass is 10.3. The van der Waals surface area contributed by atoms with E-state index < -0.39 is 0 Å². The monoisotopic (exact) mass is 234 g/mol. The van der Waals surface area contributed by atoms with Crippen LogP contribution in [0.15, 0.2) is 23.8 Å². The Morgan fingerprint density at radius 3 is 2.94 bits per heavy atom. The molecule has 5 heteroatoms. The minimum absolute atomic E-state index is 0.479. The summed E-state index contributed by atoms with van der Waals surface area (Å²) in [5, 5.41) is 14.0. The third-order valence-electron chi connectivity index (χ3n) is 2.07. The summed E-state index contributed by atoms with van der Waals surface area (Å²) in [6.45, 7) is 5.06. The van der Waals surface area contributed by atoms with Gasteiger partial charge in [-0.15, -0.1) is 11.3 Å². The summed E-state index contributed by atoms with van der Waals surface area (Å²) < 4.78 is 0. The number of hydrogen-bond donors (Lipinski definition) is 1. The molecule has 4 nitrogen and oxygen atoms in total. The second-order valence-electron chi connectivity index (χ2n) is 3.81. The van der Waals surface area contributed by atoms with Crippen LogP contribution in [0.1, 0.15) is 19.5 Å². The topological polar surface area (TPSA) is 50.7 Å². The van der Waals surface area contributed by atoms with E-state index >= 15 is 0 Å². The fraction of sp³-hybridized carbons (Fsp3) is 0.364. The van der Waals surface area contributed by atoms with Gasteiger partial charge in [0.2, 0.25) is 0 Å². The van der Waals surface area contributed by atoms with E-state index in [0.717, 1.165) is 22.8 Å². The quantitative estimate of drug-likeness (QED) is 0.880. The van der Waals surface area contributed by atoms with E-state index in [-0.39, 0.29) is 0 Å². The van der Waals surface area contributed by atoms with E-state index in [1.54, 1.807) is 23.7 Å². The Balaban J connectivity index is 2.08. The molecule has 2 rings (SSSR count). The van der Waals surface area contributed by atoms with Crippen molar-refractivity contribution in [3.05, 3.63) is 29.5 Å². The fourth-order valence-corrected chi connectivity index (χ4v) is 2.06. The molecule has 1 N–H and O–H groups in total. The molecule has 0 aliphatic rings. The van der Waals surface area contributed by atoms with Gasteiger partial charge in [-0.05, 0) is 6.07 Å². The normalized spacial score (nSPS) is 10.9. The zero-order valence-electron chi connectivity index (χ0n) is 9.34. The first-order valence-electron chi connectivity index (χ1n) is 5.20. The van der Waals surface area contributed by atoms with Gasteiger partial charge < -0.3 is 5.32 Å². The summed E-state index contributed by atoms with van der Waals surface area (Å²) in [5.74, 6) is 0. The second-order valence-corrected chi connectivity index (χ2v) is 4.67. The molecule has 0 atom stereocenters. The standard InChI is InChI=1S/C11H14N4S/c1-8(2)12-6-10-7-16-11(15-10)9-3-4-13-14-5-9/h3-5,7-8,12H,6H2,1-2H3. The maximum absolute atomic E-state index is 4.54. The zero-order chi connectivity index (χ0) is 11.4. The van der Waals surface area contributed by atoms with Crippen molar-refractivity contribution in [1.82, 2.24) is 20.5 Å². The van der Waals surface area contributed by atoms with Crippen molar-refractivity contribution in [3.8, 4) is 10.6 Å². The number of aromatic nitrogens is 3. The summed E-state index contributed by atoms with van der Waals surface area (Å²) in [5.41, 5.74) is 2.10. The van der Waals surface area contributed by atoms with Crippen LogP contribution in [0.25, 0.3) is 10.6 Å². The largest absolute Gasteiger partial charge is 0.309 e. The minimum Gasteiger partial charge on any atom is -0.309 e. The molecule has 84 valence electrons. The van der Waals surface area contributed by atoms with E-state index in [2.05, 4.69) is 39.7 Å². The highest BCUT2D eigenvalue weighted by atomic mass is 32.1. The molecule has 0 aromatic carbocycles. The number of rotatable bonds is 4. The second kappa shape index (κ2) is 5.14. The van der Waals surface area contributed by atoms with E-state index in [1.165, 1.54) is 0 Å². The highest BCUT2D eigenvalue weighted by Gasteiger charge is 2.04. The van der Waals surface area contributed by atoms with Gasteiger partial charge in [-0.2, -0.15) is 10.2 Å². The predicted molar refractivity (Wildman–Crippen MR) is 65.1 cm³/mol. The summed E-state index contributed by atoms with van der Waals surface area (Å²) in [6.07, 6.45) is 3.42. The Kier molecular flexibility index (Phi) is 3.58. The van der Waals surface area contributed by atoms with Gasteiger partial charge >= 0.3 is 0 Å². The van der Waals surface area contributed by atoms with Crippen molar-refractivity contribution in [2.75, 3.05) is 0 Å². The Morgan fingerprint density at radius 1 is 1.38 bits per heavy atom. The SMILES string of the molecule is CC(C)NCc1csc(-c2ccnnc2)n1. The molecule has 2 aromatic heterocycles. The van der Waals surface area contributed by atoms with Gasteiger partial charge in [-0.1, -0.05) is 13.8 Å². The lowest BCUT2D eigenvalue weighted by molar-refractivity contribution is 0.583. The van der Waals surface area contributed by atoms with E-state index in [9.17, 15) is 0 Å². The zero-order valence-corrected chi connectivity index (χ0v) is 10.2. The lowest BCUT2D eigenvalue weighted by Crippen LogP contribution is -2.21. The van der Waals surface area contributed by atoms with E-state index in [1.807, 2.05) is 6.07 Å². The van der Waals surface area contributed by atoms with Gasteiger partial charge in [0.05, 0.1) is 18.1 Å². The molecule has 0 saturated heterocycles. The molecular weight excluding hydrogens is 220 g/mol. The third kappa shape index (κ3) is 2.84. The van der Waals surface area contributed by atoms with Crippen LogP contribution in [0, 0.1) is 0 Å². The summed E-state index contributed by atoms with van der Waals surface area (Å²) in [6, 6.07) is 2.40. The van der Waals surface area contributed by atoms with Crippen LogP contribution in [0.3, 0.4) is 0 Å². The van der Waals surface area contributed by atoms with Crippen LogP contribution in [-0.4, -0.2) is 21.2 Å². The molecule has 0 bridgehead atoms. The van der Waals surface area contributed by atoms with Gasteiger partial charge in [0.25, 0.3) is 0 Å². The van der Waals surface area contributed by atoms with Crippen molar-refractivity contribution < 1.29 is 0 Å². The molecule has 16 heavy (non-hydrogen) atoms. The first-order chi connectivity index (χ1) is 7.75. The summed E-state index contributed by atoms with van der Waals surface area (Å²) >= 11 is 1.64. The van der Waals surface area contributed by atoms with Crippen molar-refractivity contribution in [3.63, 3.8) is 0 Å². The van der Waals surface area contributed by atoms with Crippen LogP contribution >= 0.6 is 11.3 Å². The molecule has 0 amide bonds. The molecule has 0 fully saturated rings. The Hall–Kier alpha value is -1.33. The van der Waals surface area contributed by atoms with Crippen molar-refractivity contribution in [2.24, 2.45) is 0 Å². The van der Waals surface area contributed by atoms with Crippen molar-refractivity contribution in [2.45, 2.75) is 26.4 Å². The van der Waals surface area contributed by atoms with Crippen LogP contribution in [0.2, 0.25) is 0 Å². The van der Waals surface area contributed by atoms with Gasteiger partial charge in [-0.3, -0.25) is 0 Å². The van der Waals surface area contributed by atoms with Gasteiger partial charge in [0.15, 0.2) is 0 Å². The fourth-order valence-electron chi connectivity index (χ4n) is 1.25. The molecule has 0 saturated carbocycles. The van der Waals surface area contributed by atoms with Crippen LogP contribution in [0.4, 0.5) is 0 Å². The maximum Gasteiger partial charge on any atom is 0.125 e. The van der Waals surface area contributed by atoms with Crippen LogP contribution in [-0.2, 0) is 6.54 Å². The summed E-state index contributed by atoms with van der Waals surface area (Å²) in [4.78, 5) is 4.54. The Bertz CT molecular complexity index is 438. The Morgan fingerprint density at radius 2 is 2.25 bits per heavy atom. The molecule has 0 spiro atoms. The number of thiazole rings is 1. The van der Waals surface area contributed by atoms with E-state index in [4.69, 9.17) is 0 Å². The molecule has 0 radical (unpaired) electrons. The smallest absolute Gasteiger partial charge is 0.125 e. The highest BCUT2D eigenvalue weighted by Crippen LogP contribution is 2.22. The van der Waals surface area contributed by atoms with Gasteiger partial charge in [-0.25, -0.2) is 4.98 Å². The van der Waals surface area contributed by atoms with Crippen molar-refractivity contribution in [1.29, 1.82) is 0 Å². The Labute approximate surface area is 98.8 Å². The molecular formula is C11H14N4S. The van der Waals surface area contributed by atoms with Crippen molar-refractivity contribution >= 4 is 11.3 Å².